The molecule has 1 rings (SSSR count). The zero-order valence-electron chi connectivity index (χ0n) is 9.15. The summed E-state index contributed by atoms with van der Waals surface area (Å²) in [7, 11) is 0. The van der Waals surface area contributed by atoms with Crippen molar-refractivity contribution in [3.63, 3.8) is 0 Å². The van der Waals surface area contributed by atoms with Crippen LogP contribution in [0.1, 0.15) is 64.7 Å². The van der Waals surface area contributed by atoms with Crippen LogP contribution in [-0.4, -0.2) is 12.6 Å². The lowest BCUT2D eigenvalue weighted by Crippen LogP contribution is -2.20. The van der Waals surface area contributed by atoms with Gasteiger partial charge in [-0.3, -0.25) is 0 Å². The Morgan fingerprint density at radius 1 is 1.08 bits per heavy atom. The summed E-state index contributed by atoms with van der Waals surface area (Å²) in [6, 6.07) is 0.867. The van der Waals surface area contributed by atoms with Crippen molar-refractivity contribution in [1.29, 1.82) is 0 Å². The van der Waals surface area contributed by atoms with E-state index in [0.717, 1.165) is 6.04 Å². The molecular weight excluding hydrogens is 158 g/mol. The third-order valence-corrected chi connectivity index (χ3v) is 3.07. The van der Waals surface area contributed by atoms with E-state index in [0.29, 0.717) is 0 Å². The summed E-state index contributed by atoms with van der Waals surface area (Å²) in [5.41, 5.74) is 0. The lowest BCUT2D eigenvalue weighted by molar-refractivity contribution is 0.504. The molecule has 0 amide bonds. The lowest BCUT2D eigenvalue weighted by atomic mass is 10.0. The van der Waals surface area contributed by atoms with Gasteiger partial charge in [-0.1, -0.05) is 45.4 Å². The highest BCUT2D eigenvalue weighted by Gasteiger charge is 2.12. The Morgan fingerprint density at radius 2 is 1.85 bits per heavy atom. The van der Waals surface area contributed by atoms with Crippen molar-refractivity contribution in [3.8, 4) is 0 Å². The molecule has 1 aliphatic heterocycles. The van der Waals surface area contributed by atoms with Crippen molar-refractivity contribution >= 4 is 0 Å². The van der Waals surface area contributed by atoms with E-state index in [1.54, 1.807) is 0 Å². The standard InChI is InChI=1S/C12H25N/c1-2-3-4-5-6-7-9-12-10-8-11-13-12/h12-13H,2-11H2,1H3. The molecule has 0 aliphatic carbocycles. The van der Waals surface area contributed by atoms with Crippen LogP contribution in [0.5, 0.6) is 0 Å². The Kier molecular flexibility index (Phi) is 6.26. The molecule has 0 spiro atoms. The van der Waals surface area contributed by atoms with Crippen LogP contribution in [-0.2, 0) is 0 Å². The van der Waals surface area contributed by atoms with Crippen LogP contribution < -0.4 is 5.32 Å². The third-order valence-electron chi connectivity index (χ3n) is 3.07. The molecule has 0 aromatic rings. The Bertz CT molecular complexity index is 106. The van der Waals surface area contributed by atoms with Gasteiger partial charge in [0.15, 0.2) is 0 Å². The molecule has 0 saturated carbocycles. The average Bonchev–Trinajstić information content (AvgIpc) is 2.63. The molecule has 1 heterocycles. The maximum atomic E-state index is 3.56. The highest BCUT2D eigenvalue weighted by Crippen LogP contribution is 2.14. The first-order chi connectivity index (χ1) is 6.43. The molecule has 0 aromatic carbocycles. The second-order valence-corrected chi connectivity index (χ2v) is 4.35. The predicted octanol–water partition coefficient (Wildman–Crippen LogP) is 3.49. The maximum Gasteiger partial charge on any atom is 0.00675 e. The molecule has 0 aromatic heterocycles. The van der Waals surface area contributed by atoms with Gasteiger partial charge < -0.3 is 5.32 Å². The van der Waals surface area contributed by atoms with E-state index >= 15 is 0 Å². The van der Waals surface area contributed by atoms with Crippen molar-refractivity contribution in [2.24, 2.45) is 0 Å². The van der Waals surface area contributed by atoms with E-state index in [1.165, 1.54) is 64.3 Å². The second kappa shape index (κ2) is 7.37. The first kappa shape index (κ1) is 11.0. The summed E-state index contributed by atoms with van der Waals surface area (Å²) in [5, 5.41) is 3.56. The van der Waals surface area contributed by atoms with E-state index < -0.39 is 0 Å². The van der Waals surface area contributed by atoms with Crippen molar-refractivity contribution < 1.29 is 0 Å². The van der Waals surface area contributed by atoms with E-state index in [-0.39, 0.29) is 0 Å². The minimum atomic E-state index is 0.867. The quantitative estimate of drug-likeness (QED) is 0.596. The number of hydrogen-bond donors (Lipinski definition) is 1. The van der Waals surface area contributed by atoms with Gasteiger partial charge in [-0.2, -0.15) is 0 Å². The Morgan fingerprint density at radius 3 is 2.54 bits per heavy atom. The lowest BCUT2D eigenvalue weighted by Gasteiger charge is -2.08. The molecule has 13 heavy (non-hydrogen) atoms. The highest BCUT2D eigenvalue weighted by atomic mass is 14.9. The van der Waals surface area contributed by atoms with Gasteiger partial charge in [0.05, 0.1) is 0 Å². The number of unbranched alkanes of at least 4 members (excludes halogenated alkanes) is 5. The number of rotatable bonds is 7. The van der Waals surface area contributed by atoms with Crippen LogP contribution >= 0.6 is 0 Å². The molecule has 1 fully saturated rings. The molecule has 1 nitrogen and oxygen atoms in total. The van der Waals surface area contributed by atoms with Gasteiger partial charge in [0.1, 0.15) is 0 Å². The van der Waals surface area contributed by atoms with Crippen molar-refractivity contribution in [3.05, 3.63) is 0 Å². The van der Waals surface area contributed by atoms with Gasteiger partial charge in [0.25, 0.3) is 0 Å². The van der Waals surface area contributed by atoms with Gasteiger partial charge in [-0.05, 0) is 25.8 Å². The fourth-order valence-electron chi connectivity index (χ4n) is 2.17. The Hall–Kier alpha value is -0.0400. The summed E-state index contributed by atoms with van der Waals surface area (Å²) in [4.78, 5) is 0. The zero-order valence-corrected chi connectivity index (χ0v) is 9.15. The SMILES string of the molecule is CCCCCCCCC1CCCN1. The van der Waals surface area contributed by atoms with Gasteiger partial charge in [0.2, 0.25) is 0 Å². The molecular formula is C12H25N. The molecule has 1 heteroatoms. The van der Waals surface area contributed by atoms with Crippen LogP contribution in [0.15, 0.2) is 0 Å². The molecule has 0 radical (unpaired) electrons. The topological polar surface area (TPSA) is 12.0 Å². The smallest absolute Gasteiger partial charge is 0.00675 e. The van der Waals surface area contributed by atoms with Crippen LogP contribution in [0.25, 0.3) is 0 Å². The minimum Gasteiger partial charge on any atom is -0.314 e. The largest absolute Gasteiger partial charge is 0.314 e. The predicted molar refractivity (Wildman–Crippen MR) is 59.0 cm³/mol. The molecule has 1 saturated heterocycles. The summed E-state index contributed by atoms with van der Waals surface area (Å²) >= 11 is 0. The summed E-state index contributed by atoms with van der Waals surface area (Å²) in [6.07, 6.45) is 12.9. The average molecular weight is 183 g/mol. The van der Waals surface area contributed by atoms with Crippen LogP contribution in [0, 0.1) is 0 Å². The molecule has 1 aliphatic rings. The molecule has 78 valence electrons. The van der Waals surface area contributed by atoms with Crippen LogP contribution in [0.4, 0.5) is 0 Å². The van der Waals surface area contributed by atoms with E-state index in [1.807, 2.05) is 0 Å². The first-order valence-corrected chi connectivity index (χ1v) is 6.17. The monoisotopic (exact) mass is 183 g/mol. The summed E-state index contributed by atoms with van der Waals surface area (Å²) in [6.45, 7) is 3.54. The van der Waals surface area contributed by atoms with Crippen LogP contribution in [0.2, 0.25) is 0 Å². The van der Waals surface area contributed by atoms with Gasteiger partial charge >= 0.3 is 0 Å². The maximum absolute atomic E-state index is 3.56. The summed E-state index contributed by atoms with van der Waals surface area (Å²) in [5.74, 6) is 0. The molecule has 1 N–H and O–H groups in total. The van der Waals surface area contributed by atoms with Crippen LogP contribution in [0.3, 0.4) is 0 Å². The first-order valence-electron chi connectivity index (χ1n) is 6.17. The van der Waals surface area contributed by atoms with E-state index in [9.17, 15) is 0 Å². The number of nitrogens with one attached hydrogen (secondary N) is 1. The van der Waals surface area contributed by atoms with Crippen molar-refractivity contribution in [2.45, 2.75) is 70.8 Å². The molecule has 0 bridgehead atoms. The zero-order chi connectivity index (χ0) is 9.36. The Balaban J connectivity index is 1.78. The van der Waals surface area contributed by atoms with Crippen molar-refractivity contribution in [2.75, 3.05) is 6.54 Å². The molecule has 1 atom stereocenters. The minimum absolute atomic E-state index is 0.867. The van der Waals surface area contributed by atoms with Crippen molar-refractivity contribution in [1.82, 2.24) is 5.32 Å². The normalized spacial score (nSPS) is 22.4. The Labute approximate surface area is 83.3 Å². The fraction of sp³-hybridized carbons (Fsp3) is 1.00. The van der Waals surface area contributed by atoms with Gasteiger partial charge in [-0.15, -0.1) is 0 Å². The van der Waals surface area contributed by atoms with Gasteiger partial charge in [-0.25, -0.2) is 0 Å². The van der Waals surface area contributed by atoms with Gasteiger partial charge in [0, 0.05) is 6.04 Å². The fourth-order valence-corrected chi connectivity index (χ4v) is 2.17. The number of hydrogen-bond acceptors (Lipinski definition) is 1. The highest BCUT2D eigenvalue weighted by molar-refractivity contribution is 4.73. The molecule has 1 unspecified atom stereocenters. The third kappa shape index (κ3) is 5.30. The second-order valence-electron chi connectivity index (χ2n) is 4.35. The summed E-state index contributed by atoms with van der Waals surface area (Å²) < 4.78 is 0. The van der Waals surface area contributed by atoms with E-state index in [4.69, 9.17) is 0 Å². The van der Waals surface area contributed by atoms with E-state index in [2.05, 4.69) is 12.2 Å².